The van der Waals surface area contributed by atoms with Gasteiger partial charge in [0.25, 0.3) is 0 Å². The van der Waals surface area contributed by atoms with Gasteiger partial charge < -0.3 is 29.2 Å². The van der Waals surface area contributed by atoms with Crippen LogP contribution in [0, 0.1) is 45.3 Å². The smallest absolute Gasteiger partial charge is 0.170 e. The molecule has 3 heterocycles. The molecule has 5 saturated carbocycles. The molecule has 246 valence electrons. The monoisotopic (exact) mass is 603 g/mol. The van der Waals surface area contributed by atoms with Gasteiger partial charge in [-0.1, -0.05) is 20.8 Å². The van der Waals surface area contributed by atoms with Gasteiger partial charge in [0.2, 0.25) is 0 Å². The van der Waals surface area contributed by atoms with Gasteiger partial charge in [-0.2, -0.15) is 0 Å². The minimum atomic E-state index is -1.13. The number of hydrogen-bond donors (Lipinski definition) is 2. The molecule has 9 unspecified atom stereocenters. The molecule has 5 aliphatic carbocycles. The van der Waals surface area contributed by atoms with Crippen LogP contribution >= 0.6 is 0 Å². The van der Waals surface area contributed by atoms with Gasteiger partial charge >= 0.3 is 0 Å². The lowest BCUT2D eigenvalue weighted by atomic mass is 9.46. The molecule has 8 aliphatic rings. The Morgan fingerprint density at radius 3 is 2.51 bits per heavy atom. The first-order valence-corrected chi connectivity index (χ1v) is 18.0. The molecule has 0 aromatic heterocycles. The Bertz CT molecular complexity index is 1080. The maximum Gasteiger partial charge on any atom is 0.170 e. The van der Waals surface area contributed by atoms with Gasteiger partial charge in [0, 0.05) is 27.2 Å². The van der Waals surface area contributed by atoms with Gasteiger partial charge in [-0.3, -0.25) is 4.90 Å². The fourth-order valence-electron chi connectivity index (χ4n) is 13.2. The van der Waals surface area contributed by atoms with E-state index in [1.54, 1.807) is 13.8 Å². The van der Waals surface area contributed by atoms with Crippen molar-refractivity contribution in [1.82, 2.24) is 4.90 Å². The van der Waals surface area contributed by atoms with Crippen molar-refractivity contribution in [2.24, 2.45) is 45.3 Å². The summed E-state index contributed by atoms with van der Waals surface area (Å²) >= 11 is 0. The summed E-state index contributed by atoms with van der Waals surface area (Å²) in [6.07, 6.45) is 12.9. The predicted molar refractivity (Wildman–Crippen MR) is 165 cm³/mol. The van der Waals surface area contributed by atoms with Crippen molar-refractivity contribution < 1.29 is 30.6 Å². The topological polar surface area (TPSA) is 80.6 Å². The normalized spacial score (nSPS) is 53.2. The van der Waals surface area contributed by atoms with Gasteiger partial charge in [-0.15, -0.1) is 0 Å². The lowest BCUT2D eigenvalue weighted by Crippen LogP contribution is -2.56. The molecule has 0 amide bonds. The predicted octanol–water partition coefficient (Wildman–Crippen LogP) is 5.40. The van der Waals surface area contributed by atoms with Crippen LogP contribution in [0.15, 0.2) is 0 Å². The number of rotatable bonds is 5. The number of ether oxygens (including phenoxy) is 4. The Morgan fingerprint density at radius 1 is 0.930 bits per heavy atom. The minimum Gasteiger partial charge on any atom is -0.388 e. The van der Waals surface area contributed by atoms with Crippen LogP contribution in [-0.4, -0.2) is 90.4 Å². The van der Waals surface area contributed by atoms with Crippen molar-refractivity contribution >= 4 is 0 Å². The van der Waals surface area contributed by atoms with E-state index in [9.17, 15) is 10.2 Å². The van der Waals surface area contributed by atoms with Gasteiger partial charge in [-0.25, -0.2) is 0 Å². The van der Waals surface area contributed by atoms with Crippen LogP contribution in [0.3, 0.4) is 0 Å². The van der Waals surface area contributed by atoms with E-state index < -0.39 is 11.7 Å². The summed E-state index contributed by atoms with van der Waals surface area (Å²) in [5.41, 5.74) is 0.394. The second kappa shape index (κ2) is 10.1. The second-order valence-corrected chi connectivity index (χ2v) is 17.9. The molecule has 0 aromatic rings. The zero-order valence-corrected chi connectivity index (χ0v) is 27.6. The Balaban J connectivity index is 0.00000312. The van der Waals surface area contributed by atoms with Crippen molar-refractivity contribution in [2.75, 3.05) is 32.9 Å². The van der Waals surface area contributed by atoms with Gasteiger partial charge in [0.15, 0.2) is 6.29 Å². The van der Waals surface area contributed by atoms with E-state index in [0.29, 0.717) is 28.2 Å². The van der Waals surface area contributed by atoms with Crippen molar-refractivity contribution in [1.29, 1.82) is 0 Å². The average molecular weight is 604 g/mol. The summed E-state index contributed by atoms with van der Waals surface area (Å²) in [5.74, 6) is 2.87. The first kappa shape index (κ1) is 30.1. The summed E-state index contributed by atoms with van der Waals surface area (Å²) in [4.78, 5) is 2.55. The average Bonchev–Trinajstić information content (AvgIpc) is 3.22. The fourth-order valence-corrected chi connectivity index (χ4v) is 13.2. The number of aliphatic hydroxyl groups is 2. The summed E-state index contributed by atoms with van der Waals surface area (Å²) < 4.78 is 25.5. The SMILES string of the molecule is CC12CC[C@@]34CC35CC[C@H](OC3CN([C@H]6CCOC6)CCO3)C(C)(C)C5CCC4C1CC1OC([C@H](O)C(C)(C)O)CCC12.[HH]. The molecule has 2 spiro atoms. The van der Waals surface area contributed by atoms with Crippen LogP contribution in [0.1, 0.15) is 107 Å². The lowest BCUT2D eigenvalue weighted by molar-refractivity contribution is -0.247. The van der Waals surface area contributed by atoms with Crippen LogP contribution in [0.2, 0.25) is 0 Å². The third-order valence-electron chi connectivity index (χ3n) is 15.4. The molecule has 7 nitrogen and oxygen atoms in total. The molecular weight excluding hydrogens is 542 g/mol. The standard InChI is InChI=1S/C36H59NO6.H2/c1-32(2)28-9-7-23-25-18-27-24(6-8-26(42-27)31(38)33(3,4)39)34(25,5)13-14-35(23)21-36(28,35)12-10-29(32)43-30-19-37(15-17-41-30)22-11-16-40-20-22;/h22-31,38-39H,6-21H2,1-5H3;1H/t22-,23?,24?,25?,26?,27?,28?,29-,30?,31-,34?,35-,36?;/m0./s1. The molecule has 13 atom stereocenters. The molecule has 2 N–H and O–H groups in total. The molecule has 43 heavy (non-hydrogen) atoms. The second-order valence-electron chi connectivity index (χ2n) is 17.9. The number of aliphatic hydroxyl groups excluding tert-OH is 1. The summed E-state index contributed by atoms with van der Waals surface area (Å²) in [7, 11) is 0. The maximum absolute atomic E-state index is 10.9. The molecule has 3 aliphatic heterocycles. The van der Waals surface area contributed by atoms with Gasteiger partial charge in [0.1, 0.15) is 6.10 Å². The molecule has 8 rings (SSSR count). The molecule has 0 bridgehead atoms. The van der Waals surface area contributed by atoms with Crippen LogP contribution in [0.4, 0.5) is 0 Å². The quantitative estimate of drug-likeness (QED) is 0.436. The largest absolute Gasteiger partial charge is 0.388 e. The van der Waals surface area contributed by atoms with E-state index in [-0.39, 0.29) is 31.4 Å². The third-order valence-corrected chi connectivity index (χ3v) is 15.4. The molecular formula is C36H61NO6. The van der Waals surface area contributed by atoms with E-state index in [0.717, 1.165) is 82.8 Å². The van der Waals surface area contributed by atoms with E-state index in [1.165, 1.54) is 38.5 Å². The van der Waals surface area contributed by atoms with Crippen LogP contribution in [0.25, 0.3) is 0 Å². The fraction of sp³-hybridized carbons (Fsp3) is 1.00. The van der Waals surface area contributed by atoms with E-state index >= 15 is 0 Å². The summed E-state index contributed by atoms with van der Waals surface area (Å²) in [6, 6.07) is 0.526. The highest BCUT2D eigenvalue weighted by Crippen LogP contribution is 2.87. The number of morpholine rings is 1. The molecule has 0 radical (unpaired) electrons. The van der Waals surface area contributed by atoms with E-state index in [2.05, 4.69) is 25.7 Å². The number of fused-ring (bicyclic) bond motifs is 4. The van der Waals surface area contributed by atoms with E-state index in [4.69, 9.17) is 18.9 Å². The first-order valence-electron chi connectivity index (χ1n) is 18.0. The maximum atomic E-state index is 10.9. The highest BCUT2D eigenvalue weighted by Gasteiger charge is 2.80. The van der Waals surface area contributed by atoms with Crippen LogP contribution in [0.5, 0.6) is 0 Å². The number of nitrogens with zero attached hydrogens (tertiary/aromatic N) is 1. The van der Waals surface area contributed by atoms with Crippen molar-refractivity contribution in [3.8, 4) is 0 Å². The van der Waals surface area contributed by atoms with Crippen LogP contribution in [-0.2, 0) is 18.9 Å². The van der Waals surface area contributed by atoms with Crippen molar-refractivity contribution in [2.45, 2.75) is 148 Å². The van der Waals surface area contributed by atoms with Crippen molar-refractivity contribution in [3.05, 3.63) is 0 Å². The van der Waals surface area contributed by atoms with Gasteiger partial charge in [-0.05, 0) is 130 Å². The Morgan fingerprint density at radius 2 is 1.74 bits per heavy atom. The zero-order valence-electron chi connectivity index (χ0n) is 27.6. The highest BCUT2D eigenvalue weighted by atomic mass is 16.7. The summed E-state index contributed by atoms with van der Waals surface area (Å²) in [6.45, 7) is 15.4. The lowest BCUT2D eigenvalue weighted by Gasteiger charge is -2.60. The highest BCUT2D eigenvalue weighted by molar-refractivity contribution is 5.29. The van der Waals surface area contributed by atoms with E-state index in [1.807, 2.05) is 0 Å². The first-order chi connectivity index (χ1) is 20.4. The van der Waals surface area contributed by atoms with Gasteiger partial charge in [0.05, 0.1) is 37.1 Å². The third kappa shape index (κ3) is 4.37. The molecule has 0 aromatic carbocycles. The van der Waals surface area contributed by atoms with Crippen LogP contribution < -0.4 is 0 Å². The Kier molecular flexibility index (Phi) is 7.07. The zero-order chi connectivity index (χ0) is 30.0. The Labute approximate surface area is 261 Å². The van der Waals surface area contributed by atoms with Crippen molar-refractivity contribution in [3.63, 3.8) is 0 Å². The number of hydrogen-bond acceptors (Lipinski definition) is 7. The Hall–Kier alpha value is -0.280. The minimum absolute atomic E-state index is 0. The molecule has 8 fully saturated rings. The molecule has 3 saturated heterocycles. The summed E-state index contributed by atoms with van der Waals surface area (Å²) in [5, 5.41) is 21.3. The molecule has 7 heteroatoms.